The first-order valence-corrected chi connectivity index (χ1v) is 6.38. The lowest BCUT2D eigenvalue weighted by molar-refractivity contribution is -0.118. The van der Waals surface area contributed by atoms with E-state index in [1.54, 1.807) is 6.07 Å². The quantitative estimate of drug-likeness (QED) is 0.892. The smallest absolute Gasteiger partial charge is 0.263 e. The van der Waals surface area contributed by atoms with Crippen LogP contribution in [0.5, 0.6) is 5.75 Å². The molecular formula is C13H13ClFN3O2. The van der Waals surface area contributed by atoms with E-state index in [1.807, 2.05) is 6.92 Å². The van der Waals surface area contributed by atoms with E-state index in [0.29, 0.717) is 5.82 Å². The van der Waals surface area contributed by atoms with Gasteiger partial charge < -0.3 is 10.1 Å². The number of amides is 1. The molecule has 0 spiro atoms. The molecule has 0 unspecified atom stereocenters. The van der Waals surface area contributed by atoms with Crippen molar-refractivity contribution in [3.8, 4) is 5.75 Å². The molecule has 1 aromatic heterocycles. The maximum atomic E-state index is 12.8. The zero-order valence-corrected chi connectivity index (χ0v) is 11.5. The number of aromatic amines is 1. The Morgan fingerprint density at radius 1 is 1.50 bits per heavy atom. The molecule has 0 aliphatic heterocycles. The second-order valence-corrected chi connectivity index (χ2v) is 4.45. The fourth-order valence-electron chi connectivity index (χ4n) is 1.52. The number of hydrogen-bond donors (Lipinski definition) is 2. The van der Waals surface area contributed by atoms with E-state index in [0.717, 1.165) is 18.2 Å². The zero-order chi connectivity index (χ0) is 14.5. The molecule has 2 N–H and O–H groups in total. The summed E-state index contributed by atoms with van der Waals surface area (Å²) in [5.41, 5.74) is 0.919. The van der Waals surface area contributed by atoms with E-state index in [4.69, 9.17) is 16.3 Å². The lowest BCUT2D eigenvalue weighted by atomic mass is 10.3. The van der Waals surface area contributed by atoms with Gasteiger partial charge in [0.05, 0.1) is 5.02 Å². The van der Waals surface area contributed by atoms with Gasteiger partial charge in [0.15, 0.2) is 12.4 Å². The van der Waals surface area contributed by atoms with E-state index in [-0.39, 0.29) is 23.3 Å². The van der Waals surface area contributed by atoms with Crippen LogP contribution in [0, 0.1) is 5.82 Å². The van der Waals surface area contributed by atoms with Crippen molar-refractivity contribution in [1.29, 1.82) is 0 Å². The largest absolute Gasteiger partial charge is 0.482 e. The second-order valence-electron chi connectivity index (χ2n) is 4.04. The Morgan fingerprint density at radius 2 is 2.30 bits per heavy atom. The summed E-state index contributed by atoms with van der Waals surface area (Å²) >= 11 is 5.78. The number of H-pyrrole nitrogens is 1. The molecule has 1 aromatic carbocycles. The number of anilines is 1. The zero-order valence-electron chi connectivity index (χ0n) is 10.7. The second kappa shape index (κ2) is 6.38. The number of ether oxygens (including phenoxy) is 1. The van der Waals surface area contributed by atoms with Crippen LogP contribution < -0.4 is 10.1 Å². The molecule has 1 amide bonds. The number of hydrogen-bond acceptors (Lipinski definition) is 3. The maximum absolute atomic E-state index is 12.8. The van der Waals surface area contributed by atoms with Gasteiger partial charge in [0.25, 0.3) is 5.91 Å². The van der Waals surface area contributed by atoms with Gasteiger partial charge in [-0.3, -0.25) is 9.89 Å². The van der Waals surface area contributed by atoms with Gasteiger partial charge >= 0.3 is 0 Å². The molecule has 2 rings (SSSR count). The third kappa shape index (κ3) is 3.71. The van der Waals surface area contributed by atoms with Gasteiger partial charge in [0, 0.05) is 11.8 Å². The third-order valence-electron chi connectivity index (χ3n) is 2.53. The number of carbonyl (C=O) groups is 1. The predicted octanol–water partition coefficient (Wildman–Crippen LogP) is 2.78. The van der Waals surface area contributed by atoms with Crippen LogP contribution in [0.15, 0.2) is 24.3 Å². The number of rotatable bonds is 5. The number of nitrogens with zero attached hydrogens (tertiary/aromatic N) is 1. The Bertz CT molecular complexity index is 615. The fourth-order valence-corrected chi connectivity index (χ4v) is 1.74. The van der Waals surface area contributed by atoms with E-state index in [2.05, 4.69) is 15.5 Å². The summed E-state index contributed by atoms with van der Waals surface area (Å²) in [5.74, 6) is -0.157. The van der Waals surface area contributed by atoms with E-state index < -0.39 is 5.82 Å². The maximum Gasteiger partial charge on any atom is 0.263 e. The van der Waals surface area contributed by atoms with Gasteiger partial charge in [-0.05, 0) is 24.6 Å². The van der Waals surface area contributed by atoms with Gasteiger partial charge in [-0.1, -0.05) is 18.5 Å². The van der Waals surface area contributed by atoms with Crippen LogP contribution in [-0.4, -0.2) is 22.7 Å². The van der Waals surface area contributed by atoms with Crippen molar-refractivity contribution in [2.45, 2.75) is 13.3 Å². The first-order chi connectivity index (χ1) is 9.58. The van der Waals surface area contributed by atoms with Crippen molar-refractivity contribution in [2.75, 3.05) is 11.9 Å². The van der Waals surface area contributed by atoms with Gasteiger partial charge in [-0.2, -0.15) is 5.10 Å². The molecule has 20 heavy (non-hydrogen) atoms. The minimum Gasteiger partial charge on any atom is -0.482 e. The molecule has 7 heteroatoms. The van der Waals surface area contributed by atoms with Gasteiger partial charge in [-0.15, -0.1) is 0 Å². The van der Waals surface area contributed by atoms with Crippen molar-refractivity contribution < 1.29 is 13.9 Å². The topological polar surface area (TPSA) is 67.0 Å². The minimum atomic E-state index is -0.463. The van der Waals surface area contributed by atoms with Crippen LogP contribution in [0.3, 0.4) is 0 Å². The van der Waals surface area contributed by atoms with Crippen molar-refractivity contribution in [3.63, 3.8) is 0 Å². The van der Waals surface area contributed by atoms with Crippen molar-refractivity contribution in [3.05, 3.63) is 40.8 Å². The Kier molecular flexibility index (Phi) is 4.57. The SMILES string of the molecule is CCc1cc(NC(=O)COc2ccc(F)cc2Cl)n[nH]1. The number of halogens is 2. The highest BCUT2D eigenvalue weighted by Gasteiger charge is 2.08. The van der Waals surface area contributed by atoms with Crippen LogP contribution >= 0.6 is 11.6 Å². The van der Waals surface area contributed by atoms with Crippen LogP contribution in [0.25, 0.3) is 0 Å². The number of aryl methyl sites for hydroxylation is 1. The molecule has 0 aliphatic rings. The predicted molar refractivity (Wildman–Crippen MR) is 73.5 cm³/mol. The van der Waals surface area contributed by atoms with E-state index >= 15 is 0 Å². The molecule has 2 aromatic rings. The summed E-state index contributed by atoms with van der Waals surface area (Å²) in [5, 5.41) is 9.40. The number of carbonyl (C=O) groups excluding carboxylic acids is 1. The van der Waals surface area contributed by atoms with E-state index in [9.17, 15) is 9.18 Å². The summed E-state index contributed by atoms with van der Waals surface area (Å²) in [4.78, 5) is 11.7. The average molecular weight is 298 g/mol. The van der Waals surface area contributed by atoms with Crippen molar-refractivity contribution >= 4 is 23.3 Å². The molecular weight excluding hydrogens is 285 g/mol. The summed E-state index contributed by atoms with van der Waals surface area (Å²) < 4.78 is 18.0. The highest BCUT2D eigenvalue weighted by molar-refractivity contribution is 6.32. The molecule has 0 atom stereocenters. The molecule has 0 bridgehead atoms. The Balaban J connectivity index is 1.88. The minimum absolute atomic E-state index is 0.117. The lowest BCUT2D eigenvalue weighted by Gasteiger charge is -2.07. The third-order valence-corrected chi connectivity index (χ3v) is 2.83. The van der Waals surface area contributed by atoms with Crippen LogP contribution in [0.2, 0.25) is 5.02 Å². The molecule has 1 heterocycles. The number of benzene rings is 1. The first kappa shape index (κ1) is 14.3. The highest BCUT2D eigenvalue weighted by atomic mass is 35.5. The summed E-state index contributed by atoms with van der Waals surface area (Å²) in [6.07, 6.45) is 0.796. The lowest BCUT2D eigenvalue weighted by Crippen LogP contribution is -2.20. The molecule has 0 saturated heterocycles. The molecule has 0 fully saturated rings. The normalized spacial score (nSPS) is 10.3. The molecule has 106 valence electrons. The first-order valence-electron chi connectivity index (χ1n) is 6.00. The van der Waals surface area contributed by atoms with Gasteiger partial charge in [0.2, 0.25) is 0 Å². The van der Waals surface area contributed by atoms with Crippen LogP contribution in [0.4, 0.5) is 10.2 Å². The Hall–Kier alpha value is -2.08. The van der Waals surface area contributed by atoms with Gasteiger partial charge in [0.1, 0.15) is 11.6 Å². The van der Waals surface area contributed by atoms with Gasteiger partial charge in [-0.25, -0.2) is 4.39 Å². The Morgan fingerprint density at radius 3 is 2.95 bits per heavy atom. The monoisotopic (exact) mass is 297 g/mol. The molecule has 0 radical (unpaired) electrons. The average Bonchev–Trinajstić information content (AvgIpc) is 2.85. The molecule has 0 aliphatic carbocycles. The van der Waals surface area contributed by atoms with Crippen molar-refractivity contribution in [1.82, 2.24) is 10.2 Å². The number of aromatic nitrogens is 2. The fraction of sp³-hybridized carbons (Fsp3) is 0.231. The van der Waals surface area contributed by atoms with Crippen LogP contribution in [0.1, 0.15) is 12.6 Å². The number of nitrogens with one attached hydrogen (secondary N) is 2. The van der Waals surface area contributed by atoms with Crippen LogP contribution in [-0.2, 0) is 11.2 Å². The standard InChI is InChI=1S/C13H13ClFN3O2/c1-2-9-6-12(18-17-9)16-13(19)7-20-11-4-3-8(15)5-10(11)14/h3-6H,2,7H2,1H3,(H2,16,17,18,19). The summed E-state index contributed by atoms with van der Waals surface area (Å²) in [6, 6.07) is 5.44. The van der Waals surface area contributed by atoms with Crippen molar-refractivity contribution in [2.24, 2.45) is 0 Å². The summed E-state index contributed by atoms with van der Waals surface area (Å²) in [6.45, 7) is 1.73. The summed E-state index contributed by atoms with van der Waals surface area (Å²) in [7, 11) is 0. The highest BCUT2D eigenvalue weighted by Crippen LogP contribution is 2.24. The molecule has 5 nitrogen and oxygen atoms in total. The Labute approximate surface area is 120 Å². The molecule has 0 saturated carbocycles. The van der Waals surface area contributed by atoms with E-state index in [1.165, 1.54) is 12.1 Å².